The summed E-state index contributed by atoms with van der Waals surface area (Å²) >= 11 is 0. The van der Waals surface area contributed by atoms with Crippen LogP contribution >= 0.6 is 0 Å². The van der Waals surface area contributed by atoms with E-state index in [-0.39, 0.29) is 12.4 Å². The van der Waals surface area contributed by atoms with E-state index in [4.69, 9.17) is 10.5 Å². The van der Waals surface area contributed by atoms with Crippen LogP contribution in [0.3, 0.4) is 0 Å². The molecule has 7 heteroatoms. The maximum atomic E-state index is 13.3. The summed E-state index contributed by atoms with van der Waals surface area (Å²) in [6, 6.07) is 9.96. The van der Waals surface area contributed by atoms with E-state index < -0.39 is 6.10 Å². The van der Waals surface area contributed by atoms with Crippen molar-refractivity contribution in [2.75, 3.05) is 6.54 Å². The monoisotopic (exact) mass is 351 g/mol. The number of hydrogen-bond acceptors (Lipinski definition) is 5. The average molecular weight is 351 g/mol. The maximum absolute atomic E-state index is 13.3. The number of ether oxygens (including phenoxy) is 1. The van der Waals surface area contributed by atoms with Gasteiger partial charge in [-0.15, -0.1) is 0 Å². The van der Waals surface area contributed by atoms with E-state index in [0.29, 0.717) is 17.1 Å². The third-order valence-corrected chi connectivity index (χ3v) is 3.94. The van der Waals surface area contributed by atoms with Gasteiger partial charge in [0, 0.05) is 42.7 Å². The summed E-state index contributed by atoms with van der Waals surface area (Å²) in [7, 11) is 1.81. The molecule has 0 radical (unpaired) electrons. The fourth-order valence-corrected chi connectivity index (χ4v) is 2.69. The predicted molar refractivity (Wildman–Crippen MR) is 95.7 cm³/mol. The summed E-state index contributed by atoms with van der Waals surface area (Å²) < 4.78 is 20.8. The molecule has 2 N–H and O–H groups in total. The highest BCUT2D eigenvalue weighted by atomic mass is 19.1. The molecular formula is C19H18FN5O. The normalized spacial score (nSPS) is 11.8. The molecule has 6 nitrogen and oxygen atoms in total. The number of nitriles is 1. The van der Waals surface area contributed by atoms with Gasteiger partial charge in [0.05, 0.1) is 5.69 Å². The van der Waals surface area contributed by atoms with Crippen molar-refractivity contribution in [3.63, 3.8) is 0 Å². The Kier molecular flexibility index (Phi) is 4.96. The first-order valence-electron chi connectivity index (χ1n) is 8.05. The van der Waals surface area contributed by atoms with Crippen molar-refractivity contribution in [2.45, 2.75) is 13.0 Å². The van der Waals surface area contributed by atoms with E-state index in [0.717, 1.165) is 16.7 Å². The van der Waals surface area contributed by atoms with E-state index in [2.05, 4.69) is 10.1 Å². The van der Waals surface area contributed by atoms with Gasteiger partial charge in [0.2, 0.25) is 0 Å². The summed E-state index contributed by atoms with van der Waals surface area (Å²) in [6.07, 6.45) is 2.75. The maximum Gasteiger partial charge on any atom is 0.196 e. The van der Waals surface area contributed by atoms with Gasteiger partial charge in [0.1, 0.15) is 17.6 Å². The Bertz CT molecular complexity index is 959. The van der Waals surface area contributed by atoms with Crippen molar-refractivity contribution in [3.8, 4) is 34.2 Å². The third kappa shape index (κ3) is 3.41. The number of rotatable bonds is 5. The van der Waals surface area contributed by atoms with Gasteiger partial charge in [-0.3, -0.25) is 9.67 Å². The summed E-state index contributed by atoms with van der Waals surface area (Å²) in [4.78, 5) is 4.26. The Morgan fingerprint density at radius 2 is 2.00 bits per heavy atom. The first-order chi connectivity index (χ1) is 12.5. The van der Waals surface area contributed by atoms with Crippen LogP contribution in [-0.2, 0) is 7.05 Å². The Morgan fingerprint density at radius 1 is 1.27 bits per heavy atom. The Labute approximate surface area is 150 Å². The van der Waals surface area contributed by atoms with E-state index in [1.807, 2.05) is 19.3 Å². The zero-order valence-corrected chi connectivity index (χ0v) is 14.5. The number of halogens is 1. The lowest BCUT2D eigenvalue weighted by atomic mass is 10.0. The number of nitrogens with two attached hydrogens (primary N) is 1. The molecule has 0 spiro atoms. The lowest BCUT2D eigenvalue weighted by Crippen LogP contribution is -2.25. The Balaban J connectivity index is 2.15. The zero-order chi connectivity index (χ0) is 18.7. The molecule has 0 fully saturated rings. The van der Waals surface area contributed by atoms with Gasteiger partial charge < -0.3 is 10.5 Å². The van der Waals surface area contributed by atoms with Crippen LogP contribution in [0.15, 0.2) is 42.7 Å². The molecule has 0 aliphatic rings. The molecule has 0 amide bonds. The molecule has 1 atom stereocenters. The van der Waals surface area contributed by atoms with Gasteiger partial charge in [-0.05, 0) is 37.3 Å². The molecule has 0 saturated heterocycles. The standard InChI is InChI=1S/C19H18FN5O/c1-12-19(26-15(9-21)10-22)16(7-8-23-12)17-11-25(2)24-18(17)13-3-5-14(20)6-4-13/h3-8,11,15H,9,21H2,1-2H3. The van der Waals surface area contributed by atoms with Crippen molar-refractivity contribution in [2.24, 2.45) is 12.8 Å². The Hall–Kier alpha value is -3.24. The molecule has 0 saturated carbocycles. The molecule has 2 aromatic heterocycles. The van der Waals surface area contributed by atoms with E-state index >= 15 is 0 Å². The minimum absolute atomic E-state index is 0.0716. The van der Waals surface area contributed by atoms with Crippen LogP contribution in [-0.4, -0.2) is 27.4 Å². The smallest absolute Gasteiger partial charge is 0.196 e. The van der Waals surface area contributed by atoms with Crippen LogP contribution < -0.4 is 10.5 Å². The number of aryl methyl sites for hydroxylation is 2. The van der Waals surface area contributed by atoms with Gasteiger partial charge in [-0.2, -0.15) is 10.4 Å². The minimum atomic E-state index is -0.775. The summed E-state index contributed by atoms with van der Waals surface area (Å²) in [5, 5.41) is 13.7. The fraction of sp³-hybridized carbons (Fsp3) is 0.211. The number of aromatic nitrogens is 3. The third-order valence-electron chi connectivity index (χ3n) is 3.94. The number of pyridine rings is 1. The molecule has 2 heterocycles. The van der Waals surface area contributed by atoms with Crippen LogP contribution in [0, 0.1) is 24.1 Å². The molecular weight excluding hydrogens is 333 g/mol. The summed E-state index contributed by atoms with van der Waals surface area (Å²) in [5.41, 5.74) is 9.24. The average Bonchev–Trinajstić information content (AvgIpc) is 3.03. The second kappa shape index (κ2) is 7.33. The van der Waals surface area contributed by atoms with Crippen molar-refractivity contribution in [1.29, 1.82) is 5.26 Å². The molecule has 132 valence electrons. The second-order valence-corrected chi connectivity index (χ2v) is 5.82. The van der Waals surface area contributed by atoms with Gasteiger partial charge in [0.25, 0.3) is 0 Å². The Morgan fingerprint density at radius 3 is 2.65 bits per heavy atom. The topological polar surface area (TPSA) is 89.8 Å². The first kappa shape index (κ1) is 17.6. The fourth-order valence-electron chi connectivity index (χ4n) is 2.69. The van der Waals surface area contributed by atoms with E-state index in [1.54, 1.807) is 36.0 Å². The molecule has 1 unspecified atom stereocenters. The highest BCUT2D eigenvalue weighted by molar-refractivity contribution is 5.83. The number of hydrogen-bond donors (Lipinski definition) is 1. The quantitative estimate of drug-likeness (QED) is 0.763. The molecule has 3 aromatic rings. The number of benzene rings is 1. The summed E-state index contributed by atoms with van der Waals surface area (Å²) in [5.74, 6) is 0.177. The lowest BCUT2D eigenvalue weighted by Gasteiger charge is -2.16. The predicted octanol–water partition coefficient (Wildman–Crippen LogP) is 2.83. The highest BCUT2D eigenvalue weighted by Crippen LogP contribution is 2.38. The van der Waals surface area contributed by atoms with E-state index in [1.165, 1.54) is 12.1 Å². The van der Waals surface area contributed by atoms with Gasteiger partial charge in [-0.1, -0.05) is 0 Å². The minimum Gasteiger partial charge on any atom is -0.472 e. The van der Waals surface area contributed by atoms with E-state index in [9.17, 15) is 9.65 Å². The van der Waals surface area contributed by atoms with Crippen molar-refractivity contribution >= 4 is 0 Å². The molecule has 3 rings (SSSR count). The van der Waals surface area contributed by atoms with Crippen LogP contribution in [0.5, 0.6) is 5.75 Å². The van der Waals surface area contributed by atoms with Crippen LogP contribution in [0.2, 0.25) is 0 Å². The first-order valence-corrected chi connectivity index (χ1v) is 8.05. The second-order valence-electron chi connectivity index (χ2n) is 5.82. The van der Waals surface area contributed by atoms with Gasteiger partial charge >= 0.3 is 0 Å². The van der Waals surface area contributed by atoms with Gasteiger partial charge in [0.15, 0.2) is 11.9 Å². The van der Waals surface area contributed by atoms with Crippen molar-refractivity contribution in [3.05, 3.63) is 54.2 Å². The van der Waals surface area contributed by atoms with Crippen LogP contribution in [0.25, 0.3) is 22.4 Å². The summed E-state index contributed by atoms with van der Waals surface area (Å²) in [6.45, 7) is 1.87. The molecule has 0 aliphatic heterocycles. The molecule has 0 bridgehead atoms. The number of nitrogens with zero attached hydrogens (tertiary/aromatic N) is 4. The van der Waals surface area contributed by atoms with Crippen molar-refractivity contribution < 1.29 is 9.13 Å². The van der Waals surface area contributed by atoms with Gasteiger partial charge in [-0.25, -0.2) is 4.39 Å². The highest BCUT2D eigenvalue weighted by Gasteiger charge is 2.20. The van der Waals surface area contributed by atoms with Crippen LogP contribution in [0.4, 0.5) is 4.39 Å². The zero-order valence-electron chi connectivity index (χ0n) is 14.5. The largest absolute Gasteiger partial charge is 0.472 e. The molecule has 1 aromatic carbocycles. The molecule has 26 heavy (non-hydrogen) atoms. The lowest BCUT2D eigenvalue weighted by molar-refractivity contribution is 0.262. The van der Waals surface area contributed by atoms with Crippen molar-refractivity contribution in [1.82, 2.24) is 14.8 Å². The van der Waals surface area contributed by atoms with Crippen LogP contribution in [0.1, 0.15) is 5.69 Å². The SMILES string of the molecule is Cc1nccc(-c2cn(C)nc2-c2ccc(F)cc2)c1OC(C#N)CN. The molecule has 0 aliphatic carbocycles.